The summed E-state index contributed by atoms with van der Waals surface area (Å²) in [6, 6.07) is 0. The van der Waals surface area contributed by atoms with Crippen LogP contribution in [0.1, 0.15) is 47.0 Å². The van der Waals surface area contributed by atoms with E-state index in [9.17, 15) is 9.59 Å². The number of aliphatic hydroxyl groups excluding tert-OH is 1. The molecule has 1 saturated heterocycles. The third kappa shape index (κ3) is 5.83. The van der Waals surface area contributed by atoms with Gasteiger partial charge >= 0.3 is 12.1 Å². The Hall–Kier alpha value is -1.30. The third-order valence-electron chi connectivity index (χ3n) is 3.71. The van der Waals surface area contributed by atoms with Crippen LogP contribution in [0.3, 0.4) is 0 Å². The average Bonchev–Trinajstić information content (AvgIpc) is 2.43. The molecule has 2 atom stereocenters. The highest BCUT2D eigenvalue weighted by atomic mass is 16.6. The SMILES string of the molecule is CCOC(=O)[C@H]1CCN(C(=O)OC(C)(C)C)C[C@H]1CCCO. The van der Waals surface area contributed by atoms with E-state index in [0.29, 0.717) is 39.0 Å². The second kappa shape index (κ2) is 8.36. The van der Waals surface area contributed by atoms with E-state index < -0.39 is 5.60 Å². The fourth-order valence-corrected chi connectivity index (χ4v) is 2.73. The fraction of sp³-hybridized carbons (Fsp3) is 0.875. The van der Waals surface area contributed by atoms with Crippen molar-refractivity contribution in [3.63, 3.8) is 0 Å². The third-order valence-corrected chi connectivity index (χ3v) is 3.71. The van der Waals surface area contributed by atoms with E-state index in [2.05, 4.69) is 0 Å². The maximum Gasteiger partial charge on any atom is 0.410 e. The molecule has 1 heterocycles. The van der Waals surface area contributed by atoms with Crippen molar-refractivity contribution >= 4 is 12.1 Å². The number of piperidine rings is 1. The van der Waals surface area contributed by atoms with Crippen LogP contribution in [0.15, 0.2) is 0 Å². The lowest BCUT2D eigenvalue weighted by Gasteiger charge is -2.38. The second-order valence-corrected chi connectivity index (χ2v) is 6.70. The number of rotatable bonds is 5. The zero-order chi connectivity index (χ0) is 16.8. The highest BCUT2D eigenvalue weighted by Crippen LogP contribution is 2.29. The Bertz CT molecular complexity index is 377. The quantitative estimate of drug-likeness (QED) is 0.787. The van der Waals surface area contributed by atoms with Gasteiger partial charge in [-0.1, -0.05) is 0 Å². The monoisotopic (exact) mass is 315 g/mol. The molecule has 6 nitrogen and oxygen atoms in total. The minimum atomic E-state index is -0.532. The van der Waals surface area contributed by atoms with Crippen LogP contribution in [0.5, 0.6) is 0 Å². The van der Waals surface area contributed by atoms with E-state index in [4.69, 9.17) is 14.6 Å². The van der Waals surface area contributed by atoms with Crippen LogP contribution in [-0.4, -0.2) is 54.0 Å². The van der Waals surface area contributed by atoms with Gasteiger partial charge < -0.3 is 19.5 Å². The Labute approximate surface area is 132 Å². The van der Waals surface area contributed by atoms with Gasteiger partial charge in [-0.2, -0.15) is 0 Å². The topological polar surface area (TPSA) is 76.1 Å². The van der Waals surface area contributed by atoms with Crippen molar-refractivity contribution in [3.05, 3.63) is 0 Å². The van der Waals surface area contributed by atoms with Crippen molar-refractivity contribution in [2.75, 3.05) is 26.3 Å². The summed E-state index contributed by atoms with van der Waals surface area (Å²) in [4.78, 5) is 25.9. The maximum atomic E-state index is 12.2. The molecule has 6 heteroatoms. The van der Waals surface area contributed by atoms with Crippen LogP contribution in [0.2, 0.25) is 0 Å². The molecule has 0 aromatic heterocycles. The smallest absolute Gasteiger partial charge is 0.410 e. The maximum absolute atomic E-state index is 12.2. The lowest BCUT2D eigenvalue weighted by atomic mass is 9.82. The van der Waals surface area contributed by atoms with E-state index in [0.717, 1.165) is 0 Å². The molecule has 0 aliphatic carbocycles. The molecule has 128 valence electrons. The summed E-state index contributed by atoms with van der Waals surface area (Å²) in [5.41, 5.74) is -0.532. The van der Waals surface area contributed by atoms with Gasteiger partial charge in [0, 0.05) is 19.7 Å². The van der Waals surface area contributed by atoms with Gasteiger partial charge in [0.15, 0.2) is 0 Å². The molecule has 0 bridgehead atoms. The van der Waals surface area contributed by atoms with Crippen molar-refractivity contribution in [3.8, 4) is 0 Å². The molecule has 1 aliphatic rings. The summed E-state index contributed by atoms with van der Waals surface area (Å²) in [5.74, 6) is -0.396. The number of amides is 1. The van der Waals surface area contributed by atoms with Crippen LogP contribution < -0.4 is 0 Å². The molecule has 0 unspecified atom stereocenters. The summed E-state index contributed by atoms with van der Waals surface area (Å²) >= 11 is 0. The molecule has 0 spiro atoms. The molecule has 0 saturated carbocycles. The van der Waals surface area contributed by atoms with Gasteiger partial charge in [0.1, 0.15) is 5.60 Å². The molecule has 1 N–H and O–H groups in total. The molecular formula is C16H29NO5. The van der Waals surface area contributed by atoms with Gasteiger partial charge in [-0.15, -0.1) is 0 Å². The first kappa shape index (κ1) is 18.7. The van der Waals surface area contributed by atoms with E-state index in [1.165, 1.54) is 0 Å². The van der Waals surface area contributed by atoms with Crippen LogP contribution in [0.25, 0.3) is 0 Å². The lowest BCUT2D eigenvalue weighted by Crippen LogP contribution is -2.48. The Morgan fingerprint density at radius 3 is 2.55 bits per heavy atom. The van der Waals surface area contributed by atoms with Crippen molar-refractivity contribution < 1.29 is 24.2 Å². The van der Waals surface area contributed by atoms with E-state index >= 15 is 0 Å². The average molecular weight is 315 g/mol. The first-order valence-corrected chi connectivity index (χ1v) is 8.04. The van der Waals surface area contributed by atoms with Gasteiger partial charge in [-0.05, 0) is 52.9 Å². The number of nitrogens with zero attached hydrogens (tertiary/aromatic N) is 1. The Morgan fingerprint density at radius 1 is 1.32 bits per heavy atom. The van der Waals surface area contributed by atoms with Crippen molar-refractivity contribution in [1.82, 2.24) is 4.90 Å². The number of carbonyl (C=O) groups is 2. The standard InChI is InChI=1S/C16H29NO5/c1-5-21-14(19)13-8-9-17(11-12(13)7-6-10-18)15(20)22-16(2,3)4/h12-13,18H,5-11H2,1-4H3/t12-,13+/m1/s1. The Balaban J connectivity index is 2.70. The van der Waals surface area contributed by atoms with Crippen LogP contribution >= 0.6 is 0 Å². The van der Waals surface area contributed by atoms with Gasteiger partial charge in [0.25, 0.3) is 0 Å². The molecule has 0 aromatic carbocycles. The van der Waals surface area contributed by atoms with E-state index in [1.807, 2.05) is 20.8 Å². The summed E-state index contributed by atoms with van der Waals surface area (Å²) < 4.78 is 10.5. The minimum absolute atomic E-state index is 0.00692. The highest BCUT2D eigenvalue weighted by Gasteiger charge is 2.37. The number of esters is 1. The zero-order valence-electron chi connectivity index (χ0n) is 14.1. The van der Waals surface area contributed by atoms with E-state index in [1.54, 1.807) is 11.8 Å². The summed E-state index contributed by atoms with van der Waals surface area (Å²) in [6.45, 7) is 8.69. The summed E-state index contributed by atoms with van der Waals surface area (Å²) in [5, 5.41) is 9.03. The number of ether oxygens (including phenoxy) is 2. The largest absolute Gasteiger partial charge is 0.466 e. The number of carbonyl (C=O) groups excluding carboxylic acids is 2. The fourth-order valence-electron chi connectivity index (χ4n) is 2.73. The normalized spacial score (nSPS) is 22.3. The van der Waals surface area contributed by atoms with Crippen LogP contribution in [0.4, 0.5) is 4.79 Å². The first-order chi connectivity index (χ1) is 10.3. The van der Waals surface area contributed by atoms with Crippen molar-refractivity contribution in [2.45, 2.75) is 52.6 Å². The number of hydrogen-bond acceptors (Lipinski definition) is 5. The van der Waals surface area contributed by atoms with Crippen LogP contribution in [-0.2, 0) is 14.3 Å². The zero-order valence-corrected chi connectivity index (χ0v) is 14.1. The summed E-state index contributed by atoms with van der Waals surface area (Å²) in [6.07, 6.45) is 1.54. The predicted octanol–water partition coefficient (Wildman–Crippen LogP) is 2.20. The lowest BCUT2D eigenvalue weighted by molar-refractivity contribution is -0.152. The molecule has 1 aliphatic heterocycles. The first-order valence-electron chi connectivity index (χ1n) is 8.04. The number of likely N-dealkylation sites (tertiary alicyclic amines) is 1. The predicted molar refractivity (Wildman–Crippen MR) is 82.4 cm³/mol. The Kier molecular flexibility index (Phi) is 7.13. The van der Waals surface area contributed by atoms with Gasteiger partial charge in [-0.3, -0.25) is 4.79 Å². The number of hydrogen-bond donors (Lipinski definition) is 1. The Morgan fingerprint density at radius 2 is 2.00 bits per heavy atom. The van der Waals surface area contributed by atoms with Crippen LogP contribution in [0, 0.1) is 11.8 Å². The van der Waals surface area contributed by atoms with Gasteiger partial charge in [0.05, 0.1) is 12.5 Å². The molecular weight excluding hydrogens is 286 g/mol. The highest BCUT2D eigenvalue weighted by molar-refractivity contribution is 5.74. The molecule has 0 aromatic rings. The van der Waals surface area contributed by atoms with Gasteiger partial charge in [0.2, 0.25) is 0 Å². The van der Waals surface area contributed by atoms with E-state index in [-0.39, 0.29) is 30.5 Å². The molecule has 22 heavy (non-hydrogen) atoms. The molecule has 1 amide bonds. The number of aliphatic hydroxyl groups is 1. The van der Waals surface area contributed by atoms with Crippen molar-refractivity contribution in [2.24, 2.45) is 11.8 Å². The second-order valence-electron chi connectivity index (χ2n) is 6.70. The molecule has 0 radical (unpaired) electrons. The van der Waals surface area contributed by atoms with Gasteiger partial charge in [-0.25, -0.2) is 4.79 Å². The summed E-state index contributed by atoms with van der Waals surface area (Å²) in [7, 11) is 0. The van der Waals surface area contributed by atoms with Crippen molar-refractivity contribution in [1.29, 1.82) is 0 Å². The molecule has 1 rings (SSSR count). The minimum Gasteiger partial charge on any atom is -0.466 e. The molecule has 1 fully saturated rings.